The van der Waals surface area contributed by atoms with Crippen LogP contribution in [0.15, 0.2) is 24.3 Å². The van der Waals surface area contributed by atoms with E-state index in [0.29, 0.717) is 30.8 Å². The number of quaternary nitrogens is 1. The fourth-order valence-electron chi connectivity index (χ4n) is 2.00. The highest BCUT2D eigenvalue weighted by Crippen LogP contribution is 2.21. The molecule has 19 heavy (non-hydrogen) atoms. The molecular weight excluding hydrogens is 246 g/mol. The molecule has 0 radical (unpaired) electrons. The van der Waals surface area contributed by atoms with Crippen LogP contribution in [0.2, 0.25) is 0 Å². The number of nitrogens with two attached hydrogens (primary N) is 1. The molecule has 0 saturated carbocycles. The number of amides is 3. The van der Waals surface area contributed by atoms with Gasteiger partial charge in [0.15, 0.2) is 6.54 Å². The van der Waals surface area contributed by atoms with Gasteiger partial charge < -0.3 is 10.6 Å². The third kappa shape index (κ3) is 2.63. The Balaban J connectivity index is 1.92. The van der Waals surface area contributed by atoms with Crippen LogP contribution < -0.4 is 10.6 Å². The minimum Gasteiger partial charge on any atom is -0.354 e. The molecule has 2 rings (SSSR count). The summed E-state index contributed by atoms with van der Waals surface area (Å²) in [5, 5.41) is 4.27. The largest absolute Gasteiger partial charge is 0.354 e. The van der Waals surface area contributed by atoms with Crippen LogP contribution in [0.4, 0.5) is 0 Å². The van der Waals surface area contributed by atoms with Gasteiger partial charge in [0.1, 0.15) is 0 Å². The number of nitrogens with one attached hydrogen (secondary N) is 1. The molecule has 3 N–H and O–H groups in total. The van der Waals surface area contributed by atoms with Crippen LogP contribution in [0.1, 0.15) is 20.7 Å². The van der Waals surface area contributed by atoms with Crippen molar-refractivity contribution in [3.8, 4) is 0 Å². The van der Waals surface area contributed by atoms with E-state index in [2.05, 4.69) is 5.32 Å². The highest BCUT2D eigenvalue weighted by atomic mass is 16.2. The molecular formula is C13H16N3O3+. The summed E-state index contributed by atoms with van der Waals surface area (Å²) in [5.74, 6) is -0.592. The van der Waals surface area contributed by atoms with E-state index in [9.17, 15) is 14.4 Å². The topological polar surface area (TPSA) is 83.1 Å². The first-order chi connectivity index (χ1) is 9.15. The van der Waals surface area contributed by atoms with Crippen molar-refractivity contribution in [2.45, 2.75) is 0 Å². The van der Waals surface area contributed by atoms with E-state index in [1.807, 2.05) is 0 Å². The summed E-state index contributed by atoms with van der Waals surface area (Å²) < 4.78 is 0. The van der Waals surface area contributed by atoms with Gasteiger partial charge in [-0.1, -0.05) is 12.1 Å². The normalized spacial score (nSPS) is 13.6. The van der Waals surface area contributed by atoms with Gasteiger partial charge in [-0.2, -0.15) is 0 Å². The van der Waals surface area contributed by atoms with E-state index in [4.69, 9.17) is 0 Å². The summed E-state index contributed by atoms with van der Waals surface area (Å²) in [7, 11) is 1.57. The number of carbonyl (C=O) groups is 3. The molecule has 0 unspecified atom stereocenters. The van der Waals surface area contributed by atoms with E-state index < -0.39 is 0 Å². The van der Waals surface area contributed by atoms with Crippen LogP contribution in [0.25, 0.3) is 0 Å². The second-order valence-corrected chi connectivity index (χ2v) is 4.26. The van der Waals surface area contributed by atoms with E-state index >= 15 is 0 Å². The van der Waals surface area contributed by atoms with Gasteiger partial charge in [0.05, 0.1) is 24.2 Å². The van der Waals surface area contributed by atoms with Crippen molar-refractivity contribution >= 4 is 17.7 Å². The third-order valence-electron chi connectivity index (χ3n) is 3.04. The Bertz CT molecular complexity index is 493. The Morgan fingerprint density at radius 1 is 1.21 bits per heavy atom. The van der Waals surface area contributed by atoms with Crippen LogP contribution in [0, 0.1) is 0 Å². The molecule has 6 heteroatoms. The molecule has 1 aromatic rings. The van der Waals surface area contributed by atoms with Crippen molar-refractivity contribution in [3.63, 3.8) is 0 Å². The maximum Gasteiger partial charge on any atom is 0.274 e. The average molecular weight is 262 g/mol. The van der Waals surface area contributed by atoms with Crippen LogP contribution in [-0.4, -0.2) is 49.3 Å². The minimum atomic E-state index is -0.256. The number of hydrogen-bond acceptors (Lipinski definition) is 3. The second-order valence-electron chi connectivity index (χ2n) is 4.26. The molecule has 1 aliphatic rings. The molecule has 0 atom stereocenters. The van der Waals surface area contributed by atoms with Crippen LogP contribution in [-0.2, 0) is 4.79 Å². The van der Waals surface area contributed by atoms with Gasteiger partial charge in [-0.25, -0.2) is 0 Å². The Morgan fingerprint density at radius 2 is 1.79 bits per heavy atom. The first kappa shape index (κ1) is 13.2. The highest BCUT2D eigenvalue weighted by Gasteiger charge is 2.34. The molecule has 6 nitrogen and oxygen atoms in total. The summed E-state index contributed by atoms with van der Waals surface area (Å²) in [4.78, 5) is 36.3. The summed E-state index contributed by atoms with van der Waals surface area (Å²) in [5.41, 5.74) is 0.914. The van der Waals surface area contributed by atoms with Crippen molar-refractivity contribution in [2.75, 3.05) is 26.7 Å². The lowest BCUT2D eigenvalue weighted by atomic mass is 10.1. The fraction of sp³-hybridized carbons (Fsp3) is 0.308. The number of hydrogen-bond donors (Lipinski definition) is 2. The number of rotatable bonds is 5. The zero-order valence-electron chi connectivity index (χ0n) is 10.7. The molecule has 0 spiro atoms. The third-order valence-corrected chi connectivity index (χ3v) is 3.04. The molecule has 0 aromatic heterocycles. The smallest absolute Gasteiger partial charge is 0.274 e. The van der Waals surface area contributed by atoms with Gasteiger partial charge in [0, 0.05) is 7.05 Å². The summed E-state index contributed by atoms with van der Waals surface area (Å²) in [6, 6.07) is 6.80. The molecule has 3 amide bonds. The predicted octanol–water partition coefficient (Wildman–Crippen LogP) is -1.41. The summed E-state index contributed by atoms with van der Waals surface area (Å²) >= 11 is 0. The van der Waals surface area contributed by atoms with Gasteiger partial charge in [0.2, 0.25) is 0 Å². The Labute approximate surface area is 110 Å². The Kier molecular flexibility index (Phi) is 3.91. The average Bonchev–Trinajstić information content (AvgIpc) is 2.68. The van der Waals surface area contributed by atoms with Crippen molar-refractivity contribution in [1.29, 1.82) is 0 Å². The molecule has 0 saturated heterocycles. The quantitative estimate of drug-likeness (QED) is 0.505. The standard InChI is InChI=1S/C13H15N3O3/c1-14-11(17)8-15-6-7-16-12(18)9-4-2-3-5-10(9)13(16)19/h2-5,15H,6-8H2,1H3,(H,14,17)/p+1. The Hall–Kier alpha value is -2.21. The number of carbonyl (C=O) groups excluding carboxylic acids is 3. The van der Waals surface area contributed by atoms with E-state index in [1.54, 1.807) is 36.6 Å². The fourth-order valence-corrected chi connectivity index (χ4v) is 2.00. The first-order valence-corrected chi connectivity index (χ1v) is 6.12. The zero-order valence-corrected chi connectivity index (χ0v) is 10.7. The lowest BCUT2D eigenvalue weighted by Crippen LogP contribution is -2.88. The molecule has 0 bridgehead atoms. The molecule has 1 aromatic carbocycles. The molecule has 100 valence electrons. The van der Waals surface area contributed by atoms with E-state index in [0.717, 1.165) is 0 Å². The number of nitrogens with zero attached hydrogens (tertiary/aromatic N) is 1. The second kappa shape index (κ2) is 5.62. The van der Waals surface area contributed by atoms with Crippen LogP contribution in [0.5, 0.6) is 0 Å². The maximum atomic E-state index is 12.0. The first-order valence-electron chi connectivity index (χ1n) is 6.12. The molecule has 1 aliphatic heterocycles. The van der Waals surface area contributed by atoms with Gasteiger partial charge in [-0.05, 0) is 12.1 Å². The summed E-state index contributed by atoms with van der Waals surface area (Å²) in [6.07, 6.45) is 0. The summed E-state index contributed by atoms with van der Waals surface area (Å²) in [6.45, 7) is 1.11. The van der Waals surface area contributed by atoms with Crippen molar-refractivity contribution < 1.29 is 19.7 Å². The number of benzene rings is 1. The molecule has 0 fully saturated rings. The van der Waals surface area contributed by atoms with Gasteiger partial charge in [-0.3, -0.25) is 19.3 Å². The van der Waals surface area contributed by atoms with Crippen molar-refractivity contribution in [2.24, 2.45) is 0 Å². The predicted molar refractivity (Wildman–Crippen MR) is 67.5 cm³/mol. The Morgan fingerprint density at radius 3 is 2.32 bits per heavy atom. The van der Waals surface area contributed by atoms with Gasteiger partial charge in [0.25, 0.3) is 17.7 Å². The van der Waals surface area contributed by atoms with Gasteiger partial charge in [-0.15, -0.1) is 0 Å². The molecule has 0 aliphatic carbocycles. The number of fused-ring (bicyclic) bond motifs is 1. The van der Waals surface area contributed by atoms with E-state index in [1.165, 1.54) is 4.90 Å². The maximum absolute atomic E-state index is 12.0. The van der Waals surface area contributed by atoms with Crippen LogP contribution in [0.3, 0.4) is 0 Å². The SMILES string of the molecule is CNC(=O)C[NH2+]CCN1C(=O)c2ccccc2C1=O. The highest BCUT2D eigenvalue weighted by molar-refractivity contribution is 6.21. The monoisotopic (exact) mass is 262 g/mol. The number of likely N-dealkylation sites (N-methyl/N-ethyl adjacent to an activating group) is 1. The molecule has 1 heterocycles. The number of imide groups is 1. The van der Waals surface area contributed by atoms with E-state index in [-0.39, 0.29) is 17.7 Å². The minimum absolute atomic E-state index is 0.0811. The van der Waals surface area contributed by atoms with Crippen molar-refractivity contribution in [3.05, 3.63) is 35.4 Å². The zero-order chi connectivity index (χ0) is 13.8. The van der Waals surface area contributed by atoms with Gasteiger partial charge >= 0.3 is 0 Å². The van der Waals surface area contributed by atoms with Crippen LogP contribution >= 0.6 is 0 Å². The lowest BCUT2D eigenvalue weighted by Gasteiger charge is -2.12. The lowest BCUT2D eigenvalue weighted by molar-refractivity contribution is -0.643. The van der Waals surface area contributed by atoms with Crippen molar-refractivity contribution in [1.82, 2.24) is 10.2 Å².